The predicted molar refractivity (Wildman–Crippen MR) is 106 cm³/mol. The van der Waals surface area contributed by atoms with Gasteiger partial charge in [-0.25, -0.2) is 9.97 Å². The molecule has 0 spiro atoms. The lowest BCUT2D eigenvalue weighted by atomic mass is 10.2. The Kier molecular flexibility index (Phi) is 6.24. The maximum Gasteiger partial charge on any atom is 0.256 e. The highest BCUT2D eigenvalue weighted by Crippen LogP contribution is 2.26. The van der Waals surface area contributed by atoms with E-state index in [1.807, 2.05) is 43.3 Å². The van der Waals surface area contributed by atoms with Gasteiger partial charge in [-0.15, -0.1) is 0 Å². The highest BCUT2D eigenvalue weighted by Gasteiger charge is 2.22. The van der Waals surface area contributed by atoms with Crippen LogP contribution in [0.1, 0.15) is 23.2 Å². The second-order valence-electron chi connectivity index (χ2n) is 6.91. The summed E-state index contributed by atoms with van der Waals surface area (Å²) in [5.41, 5.74) is 1.43. The van der Waals surface area contributed by atoms with Gasteiger partial charge in [0.05, 0.1) is 7.11 Å². The Morgan fingerprint density at radius 2 is 1.93 bits per heavy atom. The van der Waals surface area contributed by atoms with Crippen LogP contribution < -0.4 is 15.0 Å². The number of benzene rings is 1. The minimum Gasteiger partial charge on any atom is -0.497 e. The fraction of sp³-hybridized carbons (Fsp3) is 0.450. The second kappa shape index (κ2) is 8.81. The van der Waals surface area contributed by atoms with E-state index in [9.17, 15) is 4.79 Å². The van der Waals surface area contributed by atoms with Crippen molar-refractivity contribution in [2.45, 2.75) is 12.8 Å². The summed E-state index contributed by atoms with van der Waals surface area (Å²) in [6.07, 6.45) is 3.87. The van der Waals surface area contributed by atoms with Gasteiger partial charge in [0.15, 0.2) is 5.82 Å². The maximum atomic E-state index is 12.7. The van der Waals surface area contributed by atoms with Crippen LogP contribution in [0.3, 0.4) is 0 Å². The van der Waals surface area contributed by atoms with Crippen LogP contribution in [0.15, 0.2) is 30.5 Å². The molecule has 144 valence electrons. The van der Waals surface area contributed by atoms with Crippen molar-refractivity contribution in [3.63, 3.8) is 0 Å². The molecule has 2 aromatic rings. The Labute approximate surface area is 160 Å². The Morgan fingerprint density at radius 3 is 2.56 bits per heavy atom. The van der Waals surface area contributed by atoms with Gasteiger partial charge in [0.1, 0.15) is 17.1 Å². The molecule has 0 radical (unpaired) electrons. The molecule has 0 atom stereocenters. The molecule has 1 aliphatic heterocycles. The van der Waals surface area contributed by atoms with Crippen molar-refractivity contribution in [1.82, 2.24) is 20.2 Å². The van der Waals surface area contributed by atoms with Gasteiger partial charge in [0.25, 0.3) is 5.91 Å². The number of hydrogen-bond donors (Lipinski definition) is 1. The maximum absolute atomic E-state index is 12.7. The van der Waals surface area contributed by atoms with Crippen molar-refractivity contribution in [2.75, 3.05) is 52.3 Å². The second-order valence-corrected chi connectivity index (χ2v) is 6.91. The quantitative estimate of drug-likeness (QED) is 0.805. The lowest BCUT2D eigenvalue weighted by Gasteiger charge is -2.20. The zero-order valence-corrected chi connectivity index (χ0v) is 16.2. The Balaban J connectivity index is 1.87. The highest BCUT2D eigenvalue weighted by atomic mass is 16.5. The van der Waals surface area contributed by atoms with Gasteiger partial charge in [-0.05, 0) is 51.2 Å². The standard InChI is InChI=1S/C20H27N5O2/c1-24(2)13-10-21-20(26)17-14-22-18(15-6-8-16(27-3)9-7-15)23-19(17)25-11-4-5-12-25/h6-9,14H,4-5,10-13H2,1-3H3,(H,21,26). The molecule has 7 heteroatoms. The summed E-state index contributed by atoms with van der Waals surface area (Å²) in [7, 11) is 5.60. The number of anilines is 1. The van der Waals surface area contributed by atoms with E-state index in [2.05, 4.69) is 15.2 Å². The molecule has 1 fully saturated rings. The summed E-state index contributed by atoms with van der Waals surface area (Å²) in [5.74, 6) is 2.00. The number of aromatic nitrogens is 2. The van der Waals surface area contributed by atoms with Crippen molar-refractivity contribution in [1.29, 1.82) is 0 Å². The average molecular weight is 369 g/mol. The van der Waals surface area contributed by atoms with Crippen LogP contribution in [0.4, 0.5) is 5.82 Å². The van der Waals surface area contributed by atoms with Crippen LogP contribution >= 0.6 is 0 Å². The molecule has 1 N–H and O–H groups in total. The predicted octanol–water partition coefficient (Wildman–Crippen LogP) is 2.04. The molecule has 0 unspecified atom stereocenters. The summed E-state index contributed by atoms with van der Waals surface area (Å²) in [6, 6.07) is 7.63. The zero-order valence-electron chi connectivity index (χ0n) is 16.2. The third-order valence-corrected chi connectivity index (χ3v) is 4.61. The van der Waals surface area contributed by atoms with Crippen molar-refractivity contribution >= 4 is 11.7 Å². The molecule has 1 aromatic heterocycles. The number of methoxy groups -OCH3 is 1. The van der Waals surface area contributed by atoms with Gasteiger partial charge < -0.3 is 19.9 Å². The SMILES string of the molecule is COc1ccc(-c2ncc(C(=O)NCCN(C)C)c(N3CCCC3)n2)cc1. The van der Waals surface area contributed by atoms with Gasteiger partial charge in [-0.3, -0.25) is 4.79 Å². The fourth-order valence-electron chi connectivity index (χ4n) is 3.07. The van der Waals surface area contributed by atoms with E-state index in [0.29, 0.717) is 17.9 Å². The number of nitrogens with zero attached hydrogens (tertiary/aromatic N) is 4. The molecule has 2 heterocycles. The van der Waals surface area contributed by atoms with Crippen LogP contribution in [-0.2, 0) is 0 Å². The first-order valence-electron chi connectivity index (χ1n) is 9.28. The smallest absolute Gasteiger partial charge is 0.256 e. The summed E-state index contributed by atoms with van der Waals surface area (Å²) in [4.78, 5) is 26.1. The summed E-state index contributed by atoms with van der Waals surface area (Å²) < 4.78 is 5.21. The van der Waals surface area contributed by atoms with E-state index >= 15 is 0 Å². The topological polar surface area (TPSA) is 70.6 Å². The zero-order chi connectivity index (χ0) is 19.2. The van der Waals surface area contributed by atoms with E-state index in [1.165, 1.54) is 0 Å². The minimum absolute atomic E-state index is 0.125. The van der Waals surface area contributed by atoms with E-state index < -0.39 is 0 Å². The lowest BCUT2D eigenvalue weighted by Crippen LogP contribution is -2.33. The number of amides is 1. The number of likely N-dealkylation sites (N-methyl/N-ethyl adjacent to an activating group) is 1. The molecular formula is C20H27N5O2. The summed E-state index contributed by atoms with van der Waals surface area (Å²) in [6.45, 7) is 3.20. The van der Waals surface area contributed by atoms with Gasteiger partial charge in [-0.2, -0.15) is 0 Å². The average Bonchev–Trinajstić information content (AvgIpc) is 3.22. The van der Waals surface area contributed by atoms with Crippen LogP contribution in [-0.4, -0.2) is 68.2 Å². The Bertz CT molecular complexity index is 770. The Morgan fingerprint density at radius 1 is 1.22 bits per heavy atom. The fourth-order valence-corrected chi connectivity index (χ4v) is 3.07. The number of rotatable bonds is 7. The van der Waals surface area contributed by atoms with Crippen LogP contribution in [0.2, 0.25) is 0 Å². The molecular weight excluding hydrogens is 342 g/mol. The summed E-state index contributed by atoms with van der Waals surface area (Å²) in [5, 5.41) is 2.96. The third-order valence-electron chi connectivity index (χ3n) is 4.61. The molecule has 0 aliphatic carbocycles. The summed E-state index contributed by atoms with van der Waals surface area (Å²) >= 11 is 0. The van der Waals surface area contributed by atoms with Crippen LogP contribution in [0.5, 0.6) is 5.75 Å². The number of hydrogen-bond acceptors (Lipinski definition) is 6. The van der Waals surface area contributed by atoms with E-state index in [-0.39, 0.29) is 5.91 Å². The molecule has 27 heavy (non-hydrogen) atoms. The van der Waals surface area contributed by atoms with E-state index in [4.69, 9.17) is 9.72 Å². The van der Waals surface area contributed by atoms with Crippen LogP contribution in [0.25, 0.3) is 11.4 Å². The van der Waals surface area contributed by atoms with E-state index in [1.54, 1.807) is 13.3 Å². The first kappa shape index (κ1) is 19.1. The van der Waals surface area contributed by atoms with Gasteiger partial charge in [-0.1, -0.05) is 0 Å². The monoisotopic (exact) mass is 369 g/mol. The lowest BCUT2D eigenvalue weighted by molar-refractivity contribution is 0.0951. The molecule has 1 amide bonds. The van der Waals surface area contributed by atoms with Gasteiger partial charge in [0, 0.05) is 37.9 Å². The first-order chi connectivity index (χ1) is 13.1. The normalized spacial score (nSPS) is 13.9. The highest BCUT2D eigenvalue weighted by molar-refractivity contribution is 5.99. The molecule has 1 saturated heterocycles. The third kappa shape index (κ3) is 4.74. The number of carbonyl (C=O) groups excluding carboxylic acids is 1. The van der Waals surface area contributed by atoms with Crippen molar-refractivity contribution in [3.8, 4) is 17.1 Å². The number of carbonyl (C=O) groups is 1. The van der Waals surface area contributed by atoms with Crippen molar-refractivity contribution < 1.29 is 9.53 Å². The van der Waals surface area contributed by atoms with Crippen molar-refractivity contribution in [3.05, 3.63) is 36.0 Å². The minimum atomic E-state index is -0.125. The molecule has 0 bridgehead atoms. The molecule has 7 nitrogen and oxygen atoms in total. The molecule has 3 rings (SSSR count). The van der Waals surface area contributed by atoms with Crippen LogP contribution in [0, 0.1) is 0 Å². The largest absolute Gasteiger partial charge is 0.497 e. The number of nitrogens with one attached hydrogen (secondary N) is 1. The van der Waals surface area contributed by atoms with Crippen molar-refractivity contribution in [2.24, 2.45) is 0 Å². The van der Waals surface area contributed by atoms with Gasteiger partial charge in [0.2, 0.25) is 0 Å². The first-order valence-corrected chi connectivity index (χ1v) is 9.28. The molecule has 1 aromatic carbocycles. The number of ether oxygens (including phenoxy) is 1. The molecule has 1 aliphatic rings. The Hall–Kier alpha value is -2.67. The van der Waals surface area contributed by atoms with Gasteiger partial charge >= 0.3 is 0 Å². The van der Waals surface area contributed by atoms with E-state index in [0.717, 1.165) is 49.6 Å². The molecule has 0 saturated carbocycles.